The number of aliphatic carboxylic acids is 1. The molecular formula is C41H56N6O10S. The van der Waals surface area contributed by atoms with Crippen molar-refractivity contribution in [1.29, 1.82) is 0 Å². The molecule has 0 saturated heterocycles. The van der Waals surface area contributed by atoms with E-state index in [1.807, 2.05) is 13.8 Å². The third-order valence-electron chi connectivity index (χ3n) is 9.60. The highest BCUT2D eigenvalue weighted by Gasteiger charge is 2.35. The molecule has 1 aliphatic carbocycles. The molecule has 0 bridgehead atoms. The Hall–Kier alpha value is -5.26. The number of amides is 4. The van der Waals surface area contributed by atoms with Crippen molar-refractivity contribution < 1.29 is 49.2 Å². The number of rotatable bonds is 21. The number of phenolic OH excluding ortho intramolecular Hbond substituents is 1. The third-order valence-corrected chi connectivity index (χ3v) is 9.99. The molecule has 2 aromatic carbocycles. The lowest BCUT2D eigenvalue weighted by atomic mass is 9.76. The molecule has 10 N–H and O–H groups in total. The maximum atomic E-state index is 14.1. The number of benzene rings is 2. The van der Waals surface area contributed by atoms with Crippen molar-refractivity contribution in [3.8, 4) is 5.75 Å². The van der Waals surface area contributed by atoms with E-state index in [2.05, 4.69) is 38.9 Å². The van der Waals surface area contributed by atoms with Crippen molar-refractivity contribution in [3.63, 3.8) is 0 Å². The van der Waals surface area contributed by atoms with E-state index in [0.29, 0.717) is 29.7 Å². The smallest absolute Gasteiger partial charge is 0.326 e. The van der Waals surface area contributed by atoms with Gasteiger partial charge in [0.25, 0.3) is 0 Å². The van der Waals surface area contributed by atoms with Crippen molar-refractivity contribution in [2.24, 2.45) is 16.1 Å². The fourth-order valence-electron chi connectivity index (χ4n) is 6.44. The molecule has 1 aliphatic rings. The van der Waals surface area contributed by atoms with Crippen molar-refractivity contribution in [2.45, 2.75) is 109 Å². The Morgan fingerprint density at radius 2 is 1.38 bits per heavy atom. The number of hydrogen-bond acceptors (Lipinski definition) is 12. The molecule has 0 unspecified atom stereocenters. The summed E-state index contributed by atoms with van der Waals surface area (Å²) < 4.78 is 0. The third kappa shape index (κ3) is 14.6. The van der Waals surface area contributed by atoms with Gasteiger partial charge in [0, 0.05) is 43.7 Å². The van der Waals surface area contributed by atoms with E-state index >= 15 is 0 Å². The molecule has 16 nitrogen and oxygen atoms in total. The van der Waals surface area contributed by atoms with Gasteiger partial charge in [-0.15, -0.1) is 0 Å². The van der Waals surface area contributed by atoms with Crippen LogP contribution in [0.5, 0.6) is 5.75 Å². The first-order chi connectivity index (χ1) is 27.3. The number of ketones is 1. The average molecular weight is 825 g/mol. The zero-order valence-corrected chi connectivity index (χ0v) is 34.1. The number of unbranched alkanes of at least 4 members (excludes halogenated alkanes) is 1. The van der Waals surface area contributed by atoms with Crippen molar-refractivity contribution >= 4 is 53.7 Å². The summed E-state index contributed by atoms with van der Waals surface area (Å²) in [5.74, 6) is -4.94. The number of carbonyl (C=O) groups is 6. The summed E-state index contributed by atoms with van der Waals surface area (Å²) in [6.07, 6.45) is -0.350. The van der Waals surface area contributed by atoms with E-state index in [1.165, 1.54) is 31.2 Å². The predicted molar refractivity (Wildman–Crippen MR) is 220 cm³/mol. The number of aliphatic hydroxyl groups is 2. The van der Waals surface area contributed by atoms with Crippen molar-refractivity contribution in [1.82, 2.24) is 21.3 Å². The molecule has 316 valence electrons. The topological polar surface area (TPSA) is 270 Å². The van der Waals surface area contributed by atoms with Gasteiger partial charge in [-0.1, -0.05) is 56.3 Å². The number of carboxylic acids is 1. The van der Waals surface area contributed by atoms with E-state index in [1.54, 1.807) is 37.3 Å². The molecule has 17 heteroatoms. The van der Waals surface area contributed by atoms with Crippen molar-refractivity contribution in [3.05, 3.63) is 77.1 Å². The quantitative estimate of drug-likeness (QED) is 0.0492. The van der Waals surface area contributed by atoms with E-state index in [0.717, 1.165) is 0 Å². The number of carboxylic acid groups (broad SMARTS) is 1. The van der Waals surface area contributed by atoms with Crippen LogP contribution in [-0.2, 0) is 41.6 Å². The molecule has 58 heavy (non-hydrogen) atoms. The van der Waals surface area contributed by atoms with Gasteiger partial charge in [-0.2, -0.15) is 12.6 Å². The van der Waals surface area contributed by atoms with Crippen LogP contribution in [-0.4, -0.2) is 110 Å². The number of thiol groups is 1. The lowest BCUT2D eigenvalue weighted by molar-refractivity contribution is -0.142. The molecule has 2 aromatic rings. The molecule has 0 heterocycles. The van der Waals surface area contributed by atoms with E-state index in [9.17, 15) is 49.2 Å². The molecule has 0 spiro atoms. The molecular weight excluding hydrogens is 769 g/mol. The van der Waals surface area contributed by atoms with Gasteiger partial charge in [0.15, 0.2) is 5.78 Å². The highest BCUT2D eigenvalue weighted by molar-refractivity contribution is 7.80. The number of nitrogens with one attached hydrogen (secondary N) is 4. The van der Waals surface area contributed by atoms with E-state index in [4.69, 9.17) is 5.73 Å². The number of hydrogen-bond donors (Lipinski definition) is 10. The average Bonchev–Trinajstić information content (AvgIpc) is 3.15. The Kier molecular flexibility index (Phi) is 17.9. The molecule has 6 atom stereocenters. The minimum atomic E-state index is -1.52. The largest absolute Gasteiger partial charge is 0.511 e. The highest BCUT2D eigenvalue weighted by Crippen LogP contribution is 2.36. The van der Waals surface area contributed by atoms with Crippen LogP contribution in [0.3, 0.4) is 0 Å². The van der Waals surface area contributed by atoms with Gasteiger partial charge < -0.3 is 47.4 Å². The Bertz CT molecular complexity index is 1830. The number of Topliss-reactive ketones (excluding diaryl/α,β-unsaturated/α-hetero) is 1. The zero-order chi connectivity index (χ0) is 43.2. The molecule has 0 radical (unpaired) electrons. The summed E-state index contributed by atoms with van der Waals surface area (Å²) in [6.45, 7) is 6.90. The Balaban J connectivity index is 1.87. The molecule has 0 aromatic heterocycles. The summed E-state index contributed by atoms with van der Waals surface area (Å²) in [4.78, 5) is 83.5. The normalized spacial score (nSPS) is 17.2. The summed E-state index contributed by atoms with van der Waals surface area (Å²) >= 11 is 4.00. The zero-order valence-electron chi connectivity index (χ0n) is 33.2. The minimum absolute atomic E-state index is 0.0108. The maximum absolute atomic E-state index is 14.1. The Morgan fingerprint density at radius 1 is 0.810 bits per heavy atom. The fourth-order valence-corrected chi connectivity index (χ4v) is 6.60. The van der Waals surface area contributed by atoms with Gasteiger partial charge >= 0.3 is 5.97 Å². The van der Waals surface area contributed by atoms with Crippen LogP contribution in [0, 0.1) is 5.41 Å². The predicted octanol–water partition coefficient (Wildman–Crippen LogP) is 1.67. The summed E-state index contributed by atoms with van der Waals surface area (Å²) in [7, 11) is 0. The minimum Gasteiger partial charge on any atom is -0.511 e. The number of nitrogens with two attached hydrogens (primary N) is 1. The first kappa shape index (κ1) is 47.1. The van der Waals surface area contributed by atoms with Gasteiger partial charge in [-0.05, 0) is 61.8 Å². The number of allylic oxidation sites excluding steroid dienone is 2. The lowest BCUT2D eigenvalue weighted by Gasteiger charge is -2.29. The van der Waals surface area contributed by atoms with Gasteiger partial charge in [-0.25, -0.2) is 4.79 Å². The standard InChI is InChI=1S/C41H56N6O10S/c1-23(34-32(50)20-41(3,4)21-33(34)51)43-17-9-8-12-29(44-39(55)35(24(2)48)47-36(52)28(42)22-58)37(53)45-30(18-26-13-15-27(49)16-14-26)38(54)46-31(40(56)57)19-25-10-6-5-7-11-25/h5-7,10-11,13-16,24,28-31,35,48-50,58H,8-9,12,17-22,42H2,1-4H3,(H,44,55)(H,45,53)(H,46,54)(H,47,52)(H,56,57)/t24-,28+,29+,30+,31+,35+/m1/s1. The fraction of sp³-hybridized carbons (Fsp3) is 0.488. The number of carbonyl (C=O) groups excluding carboxylic acids is 5. The number of aliphatic imine (C=N–C) groups is 1. The van der Waals surface area contributed by atoms with Crippen LogP contribution in [0.15, 0.2) is 70.9 Å². The Labute approximate surface area is 343 Å². The van der Waals surface area contributed by atoms with Crippen LogP contribution >= 0.6 is 12.6 Å². The second kappa shape index (κ2) is 22.0. The van der Waals surface area contributed by atoms with Crippen LogP contribution < -0.4 is 27.0 Å². The van der Waals surface area contributed by atoms with Gasteiger partial charge in [0.1, 0.15) is 35.7 Å². The second-order valence-corrected chi connectivity index (χ2v) is 15.7. The monoisotopic (exact) mass is 824 g/mol. The van der Waals surface area contributed by atoms with E-state index in [-0.39, 0.29) is 72.7 Å². The van der Waals surface area contributed by atoms with Crippen molar-refractivity contribution in [2.75, 3.05) is 12.3 Å². The molecule has 3 rings (SSSR count). The molecule has 0 aliphatic heterocycles. The summed E-state index contributed by atoms with van der Waals surface area (Å²) in [5, 5.41) is 50.9. The van der Waals surface area contributed by atoms with Crippen LogP contribution in [0.4, 0.5) is 0 Å². The second-order valence-electron chi connectivity index (χ2n) is 15.3. The van der Waals surface area contributed by atoms with Crippen LogP contribution in [0.1, 0.15) is 70.9 Å². The molecule has 0 saturated carbocycles. The maximum Gasteiger partial charge on any atom is 0.326 e. The first-order valence-corrected chi connectivity index (χ1v) is 19.7. The van der Waals surface area contributed by atoms with Crippen LogP contribution in [0.25, 0.3) is 0 Å². The molecule has 0 fully saturated rings. The van der Waals surface area contributed by atoms with Gasteiger partial charge in [-0.3, -0.25) is 29.0 Å². The summed E-state index contributed by atoms with van der Waals surface area (Å²) in [6, 6.07) is 7.83. The number of aliphatic hydroxyl groups excluding tert-OH is 2. The van der Waals surface area contributed by atoms with Gasteiger partial charge in [0.2, 0.25) is 23.6 Å². The molecule has 4 amide bonds. The first-order valence-electron chi connectivity index (χ1n) is 19.1. The number of phenols is 1. The SMILES string of the molecule is CC(=NCCCC[C@H](NC(=O)[C@@H](NC(=O)[C@@H](N)CS)[C@@H](C)O)C(=O)N[C@@H](Cc1ccc(O)cc1)C(=O)N[C@@H](Cc1ccccc1)C(=O)O)C1=C(O)CC(C)(C)CC1=O. The van der Waals surface area contributed by atoms with Crippen LogP contribution in [0.2, 0.25) is 0 Å². The van der Waals surface area contributed by atoms with Gasteiger partial charge in [0.05, 0.1) is 17.7 Å². The van der Waals surface area contributed by atoms with E-state index < -0.39 is 65.9 Å². The highest BCUT2D eigenvalue weighted by atomic mass is 32.1. The summed E-state index contributed by atoms with van der Waals surface area (Å²) in [5.41, 5.74) is 7.12. The number of nitrogens with zero attached hydrogens (tertiary/aromatic N) is 1. The Morgan fingerprint density at radius 3 is 1.97 bits per heavy atom. The number of aromatic hydroxyl groups is 1. The lowest BCUT2D eigenvalue weighted by Crippen LogP contribution is -2.60.